The van der Waals surface area contributed by atoms with Crippen molar-refractivity contribution in [3.8, 4) is 0 Å². The van der Waals surface area contributed by atoms with Crippen LogP contribution in [-0.2, 0) is 0 Å². The quantitative estimate of drug-likeness (QED) is 0.615. The summed E-state index contributed by atoms with van der Waals surface area (Å²) in [5.41, 5.74) is 2.66. The minimum atomic E-state index is -0.0825. The molecular weight excluding hydrogens is 224 g/mol. The molecule has 0 bridgehead atoms. The van der Waals surface area contributed by atoms with Crippen LogP contribution in [0.3, 0.4) is 0 Å². The van der Waals surface area contributed by atoms with Crippen LogP contribution in [0.4, 0.5) is 0 Å². The van der Waals surface area contributed by atoms with E-state index in [0.29, 0.717) is 5.02 Å². The van der Waals surface area contributed by atoms with Crippen molar-refractivity contribution in [3.05, 3.63) is 45.3 Å². The van der Waals surface area contributed by atoms with Crippen molar-refractivity contribution in [1.29, 1.82) is 0 Å². The molecule has 0 radical (unpaired) electrons. The van der Waals surface area contributed by atoms with Crippen LogP contribution in [0.5, 0.6) is 0 Å². The van der Waals surface area contributed by atoms with Crippen molar-refractivity contribution < 1.29 is 0 Å². The molecule has 0 atom stereocenters. The van der Waals surface area contributed by atoms with Gasteiger partial charge in [-0.15, -0.1) is 0 Å². The summed E-state index contributed by atoms with van der Waals surface area (Å²) in [5, 5.41) is 2.64. The molecule has 3 nitrogen and oxygen atoms in total. The number of hydrogen-bond donors (Lipinski definition) is 2. The summed E-state index contributed by atoms with van der Waals surface area (Å²) in [4.78, 5) is 17.4. The number of halogens is 1. The van der Waals surface area contributed by atoms with Gasteiger partial charge in [0.25, 0.3) is 0 Å². The van der Waals surface area contributed by atoms with Gasteiger partial charge in [-0.05, 0) is 19.1 Å². The van der Waals surface area contributed by atoms with Gasteiger partial charge in [-0.25, -0.2) is 0 Å². The molecule has 0 amide bonds. The molecule has 0 aliphatic heterocycles. The smallest absolute Gasteiger partial charge is 0.248 e. The second-order valence-electron chi connectivity index (χ2n) is 3.86. The second-order valence-corrected chi connectivity index (χ2v) is 4.30. The lowest BCUT2D eigenvalue weighted by atomic mass is 10.2. The fourth-order valence-electron chi connectivity index (χ4n) is 2.05. The number of nitrogens with one attached hydrogen (secondary N) is 2. The third kappa shape index (κ3) is 1.25. The zero-order valence-corrected chi connectivity index (χ0v) is 9.35. The third-order valence-corrected chi connectivity index (χ3v) is 3.00. The van der Waals surface area contributed by atoms with E-state index < -0.39 is 0 Å². The highest BCUT2D eigenvalue weighted by Crippen LogP contribution is 2.27. The predicted molar refractivity (Wildman–Crippen MR) is 66.2 cm³/mol. The van der Waals surface area contributed by atoms with Gasteiger partial charge in [-0.1, -0.05) is 17.7 Å². The number of rotatable bonds is 0. The number of aryl methyl sites for hydroxylation is 1. The van der Waals surface area contributed by atoms with Crippen molar-refractivity contribution in [2.45, 2.75) is 6.92 Å². The van der Waals surface area contributed by atoms with Crippen LogP contribution in [0, 0.1) is 6.92 Å². The van der Waals surface area contributed by atoms with E-state index in [-0.39, 0.29) is 5.56 Å². The lowest BCUT2D eigenvalue weighted by Crippen LogP contribution is -2.04. The van der Waals surface area contributed by atoms with Gasteiger partial charge in [0.05, 0.1) is 5.52 Å². The second kappa shape index (κ2) is 3.12. The average molecular weight is 233 g/mol. The largest absolute Gasteiger partial charge is 0.353 e. The normalized spacial score (nSPS) is 11.4. The molecular formula is C12H9ClN2O. The van der Waals surface area contributed by atoms with Crippen molar-refractivity contribution in [1.82, 2.24) is 9.97 Å². The van der Waals surface area contributed by atoms with Crippen LogP contribution in [0.2, 0.25) is 5.02 Å². The fraction of sp³-hybridized carbons (Fsp3) is 0.0833. The van der Waals surface area contributed by atoms with Crippen LogP contribution in [0.15, 0.2) is 29.1 Å². The number of fused-ring (bicyclic) bond motifs is 3. The molecule has 0 saturated carbocycles. The van der Waals surface area contributed by atoms with E-state index in [2.05, 4.69) is 9.97 Å². The molecule has 3 aromatic rings. The predicted octanol–water partition coefficient (Wildman–Crippen LogP) is 2.97. The minimum absolute atomic E-state index is 0.0825. The average Bonchev–Trinajstić information content (AvgIpc) is 2.56. The topological polar surface area (TPSA) is 48.6 Å². The monoisotopic (exact) mass is 232 g/mol. The highest BCUT2D eigenvalue weighted by atomic mass is 35.5. The molecule has 1 aromatic carbocycles. The molecule has 0 spiro atoms. The molecule has 0 fully saturated rings. The first kappa shape index (κ1) is 9.48. The lowest BCUT2D eigenvalue weighted by Gasteiger charge is -1.94. The van der Waals surface area contributed by atoms with Crippen molar-refractivity contribution in [2.75, 3.05) is 0 Å². The summed E-state index contributed by atoms with van der Waals surface area (Å²) in [6.45, 7) is 1.88. The maximum atomic E-state index is 11.4. The maximum absolute atomic E-state index is 11.4. The van der Waals surface area contributed by atoms with E-state index in [9.17, 15) is 4.79 Å². The molecule has 0 aliphatic rings. The molecule has 16 heavy (non-hydrogen) atoms. The molecule has 2 N–H and O–H groups in total. The van der Waals surface area contributed by atoms with E-state index in [0.717, 1.165) is 27.5 Å². The number of benzene rings is 1. The summed E-state index contributed by atoms with van der Waals surface area (Å²) in [5.74, 6) is 0. The Kier molecular flexibility index (Phi) is 1.85. The van der Waals surface area contributed by atoms with Gasteiger partial charge in [0.1, 0.15) is 0 Å². The Bertz CT molecular complexity index is 755. The maximum Gasteiger partial charge on any atom is 0.248 e. The van der Waals surface area contributed by atoms with E-state index in [4.69, 9.17) is 11.6 Å². The highest BCUT2D eigenvalue weighted by Gasteiger charge is 2.07. The number of aromatic nitrogens is 2. The van der Waals surface area contributed by atoms with Crippen molar-refractivity contribution in [2.24, 2.45) is 0 Å². The van der Waals surface area contributed by atoms with Gasteiger partial charge in [0.2, 0.25) is 5.56 Å². The Hall–Kier alpha value is -1.74. The fourth-order valence-corrected chi connectivity index (χ4v) is 2.22. The van der Waals surface area contributed by atoms with Crippen molar-refractivity contribution >= 4 is 33.4 Å². The molecule has 0 saturated heterocycles. The third-order valence-electron chi connectivity index (χ3n) is 2.76. The van der Waals surface area contributed by atoms with Gasteiger partial charge in [0, 0.05) is 33.1 Å². The summed E-state index contributed by atoms with van der Waals surface area (Å²) >= 11 is 5.93. The van der Waals surface area contributed by atoms with Gasteiger partial charge < -0.3 is 9.97 Å². The first-order chi connectivity index (χ1) is 7.65. The Labute approximate surface area is 96.1 Å². The van der Waals surface area contributed by atoms with Gasteiger partial charge in [-0.3, -0.25) is 4.79 Å². The number of hydrogen-bond acceptors (Lipinski definition) is 1. The number of H-pyrrole nitrogens is 2. The highest BCUT2D eigenvalue weighted by molar-refractivity contribution is 6.31. The van der Waals surface area contributed by atoms with E-state index >= 15 is 0 Å². The van der Waals surface area contributed by atoms with E-state index in [1.54, 1.807) is 6.07 Å². The van der Waals surface area contributed by atoms with Crippen LogP contribution in [-0.4, -0.2) is 9.97 Å². The van der Waals surface area contributed by atoms with E-state index in [1.807, 2.05) is 25.1 Å². The Morgan fingerprint density at radius 2 is 1.94 bits per heavy atom. The Morgan fingerprint density at radius 1 is 1.12 bits per heavy atom. The molecule has 4 heteroatoms. The van der Waals surface area contributed by atoms with Crippen molar-refractivity contribution in [3.63, 3.8) is 0 Å². The van der Waals surface area contributed by atoms with E-state index in [1.165, 1.54) is 0 Å². The summed E-state index contributed by atoms with van der Waals surface area (Å²) < 4.78 is 0. The summed E-state index contributed by atoms with van der Waals surface area (Å²) in [7, 11) is 0. The minimum Gasteiger partial charge on any atom is -0.353 e. The van der Waals surface area contributed by atoms with Crippen LogP contribution < -0.4 is 5.56 Å². The first-order valence-corrected chi connectivity index (χ1v) is 5.34. The molecule has 0 aliphatic carbocycles. The SMILES string of the molecule is Cc1[nH]c(=O)cc2c1[nH]c1cc(Cl)ccc12. The number of aromatic amines is 2. The first-order valence-electron chi connectivity index (χ1n) is 4.96. The summed E-state index contributed by atoms with van der Waals surface area (Å²) in [6, 6.07) is 7.22. The molecule has 3 rings (SSSR count). The standard InChI is InChI=1S/C12H9ClN2O/c1-6-12-9(5-11(16)14-6)8-3-2-7(13)4-10(8)15-12/h2-5,15H,1H3,(H,14,16). The van der Waals surface area contributed by atoms with Crippen LogP contribution in [0.1, 0.15) is 5.69 Å². The Balaban J connectivity index is 2.61. The zero-order chi connectivity index (χ0) is 11.3. The van der Waals surface area contributed by atoms with Gasteiger partial charge in [0.15, 0.2) is 0 Å². The lowest BCUT2D eigenvalue weighted by molar-refractivity contribution is 1.16. The van der Waals surface area contributed by atoms with Crippen LogP contribution in [0.25, 0.3) is 21.8 Å². The molecule has 0 unspecified atom stereocenters. The molecule has 2 aromatic heterocycles. The van der Waals surface area contributed by atoms with Crippen LogP contribution >= 0.6 is 11.6 Å². The summed E-state index contributed by atoms with van der Waals surface area (Å²) in [6.07, 6.45) is 0. The number of pyridine rings is 1. The Morgan fingerprint density at radius 3 is 2.75 bits per heavy atom. The molecule has 80 valence electrons. The van der Waals surface area contributed by atoms with Gasteiger partial charge in [-0.2, -0.15) is 0 Å². The van der Waals surface area contributed by atoms with Gasteiger partial charge >= 0.3 is 0 Å². The zero-order valence-electron chi connectivity index (χ0n) is 8.60. The molecule has 2 heterocycles.